The Morgan fingerprint density at radius 2 is 1.26 bits per heavy atom. The lowest BCUT2D eigenvalue weighted by Gasteiger charge is -2.50. The van der Waals surface area contributed by atoms with E-state index in [0.29, 0.717) is 6.42 Å². The summed E-state index contributed by atoms with van der Waals surface area (Å²) in [6.07, 6.45) is 4.93. The van der Waals surface area contributed by atoms with Crippen LogP contribution < -0.4 is 4.74 Å². The van der Waals surface area contributed by atoms with Gasteiger partial charge in [0.1, 0.15) is 11.9 Å². The first-order valence-corrected chi connectivity index (χ1v) is 18.1. The molecule has 0 saturated carbocycles. The van der Waals surface area contributed by atoms with E-state index in [2.05, 4.69) is 128 Å². The molecule has 0 saturated heterocycles. The van der Waals surface area contributed by atoms with Crippen LogP contribution in [0.5, 0.6) is 5.75 Å². The van der Waals surface area contributed by atoms with E-state index in [1.54, 1.807) is 7.11 Å². The molecular weight excluding hydrogens is 613 g/mol. The van der Waals surface area contributed by atoms with Gasteiger partial charge in [-0.25, -0.2) is 0 Å². The summed E-state index contributed by atoms with van der Waals surface area (Å²) in [5.41, 5.74) is 2.47. The highest BCUT2D eigenvalue weighted by Gasteiger charge is 2.50. The smallest absolute Gasteiger partial charge is 0.306 e. The second-order valence-electron chi connectivity index (χ2n) is 17.4. The van der Waals surface area contributed by atoms with Crippen LogP contribution in [0.3, 0.4) is 0 Å². The average Bonchev–Trinajstić information content (AvgIpc) is 2.86. The number of allylic oxidation sites excluding steroid dienone is 1. The zero-order valence-corrected chi connectivity index (χ0v) is 33.5. The van der Waals surface area contributed by atoms with Gasteiger partial charge in [-0.15, -0.1) is 23.5 Å². The van der Waals surface area contributed by atoms with Crippen molar-refractivity contribution in [3.63, 3.8) is 0 Å². The standard InChI is InChI=1S/C39H62O5S2/c1-34(2,3)27-21-25(22-28(32(27)43-17)35(4,5)6)45-38(13,14)46-26-23-29(36(7,8)9)33(39(15,24-26)37(10,11)12)44-31(41)20-18-19-30(40)42-16/h21-24,33H,18-20H2,1-17H3. The van der Waals surface area contributed by atoms with Gasteiger partial charge in [-0.1, -0.05) is 96.1 Å². The molecule has 0 heterocycles. The second-order valence-corrected chi connectivity index (χ2v) is 21.0. The molecule has 0 bridgehead atoms. The van der Waals surface area contributed by atoms with E-state index in [1.165, 1.54) is 28.0 Å². The third-order valence-electron chi connectivity index (χ3n) is 8.90. The van der Waals surface area contributed by atoms with Crippen molar-refractivity contribution in [1.29, 1.82) is 0 Å². The van der Waals surface area contributed by atoms with E-state index < -0.39 is 11.5 Å². The summed E-state index contributed by atoms with van der Waals surface area (Å²) in [4.78, 5) is 27.2. The van der Waals surface area contributed by atoms with Gasteiger partial charge in [0.25, 0.3) is 0 Å². The van der Waals surface area contributed by atoms with Gasteiger partial charge in [0.2, 0.25) is 0 Å². The van der Waals surface area contributed by atoms with Crippen molar-refractivity contribution >= 4 is 35.5 Å². The van der Waals surface area contributed by atoms with Crippen molar-refractivity contribution in [3.8, 4) is 5.75 Å². The van der Waals surface area contributed by atoms with E-state index in [4.69, 9.17) is 14.2 Å². The predicted molar refractivity (Wildman–Crippen MR) is 197 cm³/mol. The molecule has 2 atom stereocenters. The Labute approximate surface area is 289 Å². The molecule has 0 amide bonds. The molecule has 0 radical (unpaired) electrons. The highest BCUT2D eigenvalue weighted by Crippen LogP contribution is 2.56. The van der Waals surface area contributed by atoms with Crippen LogP contribution in [-0.2, 0) is 29.9 Å². The number of carbonyl (C=O) groups excluding carboxylic acids is 2. The summed E-state index contributed by atoms with van der Waals surface area (Å²) >= 11 is 3.73. The minimum Gasteiger partial charge on any atom is -0.496 e. The lowest BCUT2D eigenvalue weighted by Crippen LogP contribution is -2.49. The fourth-order valence-corrected chi connectivity index (χ4v) is 8.41. The summed E-state index contributed by atoms with van der Waals surface area (Å²) in [7, 11) is 3.14. The summed E-state index contributed by atoms with van der Waals surface area (Å²) in [6.45, 7) is 33.5. The van der Waals surface area contributed by atoms with Crippen LogP contribution in [0.2, 0.25) is 0 Å². The second kappa shape index (κ2) is 14.3. The van der Waals surface area contributed by atoms with Crippen LogP contribution >= 0.6 is 23.5 Å². The Hall–Kier alpha value is -1.86. The maximum absolute atomic E-state index is 13.2. The topological polar surface area (TPSA) is 61.8 Å². The molecule has 1 aromatic rings. The van der Waals surface area contributed by atoms with E-state index in [9.17, 15) is 9.59 Å². The number of hydrogen-bond acceptors (Lipinski definition) is 7. The van der Waals surface area contributed by atoms with Gasteiger partial charge in [0.05, 0.1) is 18.3 Å². The van der Waals surface area contributed by atoms with Gasteiger partial charge in [-0.2, -0.15) is 0 Å². The molecule has 7 heteroatoms. The monoisotopic (exact) mass is 674 g/mol. The lowest BCUT2D eigenvalue weighted by molar-refractivity contribution is -0.156. The van der Waals surface area contributed by atoms with Crippen molar-refractivity contribution in [3.05, 3.63) is 45.9 Å². The number of rotatable bonds is 10. The lowest BCUT2D eigenvalue weighted by atomic mass is 9.59. The Morgan fingerprint density at radius 1 is 0.761 bits per heavy atom. The largest absolute Gasteiger partial charge is 0.496 e. The Bertz CT molecular complexity index is 1290. The molecule has 0 aromatic heterocycles. The van der Waals surface area contributed by atoms with Gasteiger partial charge in [-0.3, -0.25) is 9.59 Å². The molecule has 2 unspecified atom stereocenters. The molecule has 260 valence electrons. The number of methoxy groups -OCH3 is 2. The molecule has 0 aliphatic heterocycles. The molecule has 1 aromatic carbocycles. The summed E-state index contributed by atoms with van der Waals surface area (Å²) < 4.78 is 16.9. The normalized spacial score (nSPS) is 19.7. The number of ether oxygens (including phenoxy) is 3. The minimum absolute atomic E-state index is 0.0737. The fraction of sp³-hybridized carbons (Fsp3) is 0.692. The van der Waals surface area contributed by atoms with Crippen LogP contribution in [0, 0.1) is 16.2 Å². The van der Waals surface area contributed by atoms with Gasteiger partial charge >= 0.3 is 11.9 Å². The molecule has 0 N–H and O–H groups in total. The molecule has 1 aliphatic rings. The zero-order valence-electron chi connectivity index (χ0n) is 31.9. The quantitative estimate of drug-likeness (QED) is 0.139. The van der Waals surface area contributed by atoms with Gasteiger partial charge in [-0.05, 0) is 65.7 Å². The predicted octanol–water partition coefficient (Wildman–Crippen LogP) is 11.0. The number of hydrogen-bond donors (Lipinski definition) is 0. The molecule has 2 rings (SSSR count). The van der Waals surface area contributed by atoms with E-state index in [0.717, 1.165) is 11.3 Å². The average molecular weight is 675 g/mol. The van der Waals surface area contributed by atoms with E-state index in [-0.39, 0.29) is 50.5 Å². The highest BCUT2D eigenvalue weighted by molar-refractivity contribution is 8.20. The maximum atomic E-state index is 13.2. The van der Waals surface area contributed by atoms with E-state index in [1.807, 2.05) is 23.5 Å². The van der Waals surface area contributed by atoms with Crippen molar-refractivity contribution < 1.29 is 23.8 Å². The van der Waals surface area contributed by atoms with E-state index >= 15 is 0 Å². The molecule has 0 spiro atoms. The SMILES string of the molecule is COC(=O)CCCC(=O)OC1C(C(C)(C)C)=CC(SC(C)(C)Sc2cc(C(C)(C)C)c(OC)c(C(C)(C)C)c2)=CC1(C)C(C)(C)C. The van der Waals surface area contributed by atoms with Gasteiger partial charge in [0, 0.05) is 39.2 Å². The summed E-state index contributed by atoms with van der Waals surface area (Å²) in [5, 5.41) is 0. The molecule has 0 fully saturated rings. The van der Waals surface area contributed by atoms with Crippen LogP contribution in [0.25, 0.3) is 0 Å². The maximum Gasteiger partial charge on any atom is 0.306 e. The van der Waals surface area contributed by atoms with Crippen molar-refractivity contribution in [2.24, 2.45) is 16.2 Å². The molecule has 1 aliphatic carbocycles. The molecule has 5 nitrogen and oxygen atoms in total. The molecule has 46 heavy (non-hydrogen) atoms. The number of benzene rings is 1. The molecular formula is C39H62O5S2. The van der Waals surface area contributed by atoms with Crippen LogP contribution in [-0.4, -0.2) is 36.3 Å². The minimum atomic E-state index is -0.468. The van der Waals surface area contributed by atoms with Crippen molar-refractivity contribution in [2.45, 2.75) is 149 Å². The Kier molecular flexibility index (Phi) is 12.6. The van der Waals surface area contributed by atoms with Crippen molar-refractivity contribution in [1.82, 2.24) is 0 Å². The summed E-state index contributed by atoms with van der Waals surface area (Å²) in [6, 6.07) is 4.61. The summed E-state index contributed by atoms with van der Waals surface area (Å²) in [5.74, 6) is 0.377. The zero-order chi connectivity index (χ0) is 35.7. The first-order chi connectivity index (χ1) is 20.7. The number of esters is 2. The van der Waals surface area contributed by atoms with Crippen LogP contribution in [0.15, 0.2) is 39.7 Å². The van der Waals surface area contributed by atoms with Crippen molar-refractivity contribution in [2.75, 3.05) is 14.2 Å². The third-order valence-corrected chi connectivity index (χ3v) is 11.3. The first-order valence-electron chi connectivity index (χ1n) is 16.5. The highest BCUT2D eigenvalue weighted by atomic mass is 32.2. The van der Waals surface area contributed by atoms with Crippen LogP contribution in [0.4, 0.5) is 0 Å². The van der Waals surface area contributed by atoms with Gasteiger partial charge in [0.15, 0.2) is 0 Å². The number of thioether (sulfide) groups is 2. The third kappa shape index (κ3) is 10.1. The Morgan fingerprint density at radius 3 is 1.67 bits per heavy atom. The van der Waals surface area contributed by atoms with Crippen LogP contribution in [0.1, 0.15) is 134 Å². The Balaban J connectivity index is 2.56. The first kappa shape index (κ1) is 40.3. The van der Waals surface area contributed by atoms with Gasteiger partial charge < -0.3 is 14.2 Å². The fourth-order valence-electron chi connectivity index (χ4n) is 5.68. The number of carbonyl (C=O) groups is 2.